The Morgan fingerprint density at radius 3 is 2.42 bits per heavy atom. The molecule has 4 N–H and O–H groups in total. The van der Waals surface area contributed by atoms with Gasteiger partial charge in [0.25, 0.3) is 0 Å². The third-order valence-electron chi connectivity index (χ3n) is 6.30. The number of carboxylic acid groups (broad SMARTS) is 1. The molecule has 9 nitrogen and oxygen atoms in total. The Kier molecular flexibility index (Phi) is 8.37. The number of fused-ring (bicyclic) bond motifs is 1. The van der Waals surface area contributed by atoms with Crippen molar-refractivity contribution in [1.29, 1.82) is 0 Å². The van der Waals surface area contributed by atoms with Crippen molar-refractivity contribution in [2.75, 3.05) is 22.1 Å². The number of urea groups is 1. The highest BCUT2D eigenvalue weighted by Crippen LogP contribution is 2.28. The van der Waals surface area contributed by atoms with E-state index in [9.17, 15) is 19.2 Å². The van der Waals surface area contributed by atoms with Crippen LogP contribution < -0.4 is 20.9 Å². The number of hydrogen-bond acceptors (Lipinski definition) is 4. The second kappa shape index (κ2) is 12.1. The number of amides is 4. The van der Waals surface area contributed by atoms with Gasteiger partial charge in [-0.25, -0.2) is 4.79 Å². The smallest absolute Gasteiger partial charge is 0.326 e. The Balaban J connectivity index is 1.33. The van der Waals surface area contributed by atoms with Crippen molar-refractivity contribution in [2.24, 2.45) is 0 Å². The summed E-state index contributed by atoms with van der Waals surface area (Å²) in [6, 6.07) is 21.3. The van der Waals surface area contributed by atoms with Crippen LogP contribution in [0.5, 0.6) is 0 Å². The summed E-state index contributed by atoms with van der Waals surface area (Å²) in [5, 5.41) is 17.5. The van der Waals surface area contributed by atoms with Gasteiger partial charge in [0, 0.05) is 37.0 Å². The molecule has 0 radical (unpaired) electrons. The summed E-state index contributed by atoms with van der Waals surface area (Å²) in [7, 11) is 0. The van der Waals surface area contributed by atoms with Gasteiger partial charge in [0.1, 0.15) is 0 Å². The van der Waals surface area contributed by atoms with Crippen LogP contribution in [0.3, 0.4) is 0 Å². The van der Waals surface area contributed by atoms with Gasteiger partial charge >= 0.3 is 12.0 Å². The Hall–Kier alpha value is -4.66. The number of anilines is 3. The fourth-order valence-corrected chi connectivity index (χ4v) is 4.51. The maximum Gasteiger partial charge on any atom is 0.326 e. The van der Waals surface area contributed by atoms with Gasteiger partial charge in [-0.1, -0.05) is 42.5 Å². The second-order valence-electron chi connectivity index (χ2n) is 9.19. The van der Waals surface area contributed by atoms with Crippen molar-refractivity contribution in [3.63, 3.8) is 0 Å². The fraction of sp³-hybridized carbons (Fsp3) is 0.241. The standard InChI is InChI=1S/C29H30N4O5/c1-19(34)30-25(13-14-28(36)37)22-6-4-7-24(18-22)31-27(35)17-20-9-11-23(12-10-20)32-29(38)33-16-15-21-5-2-3-8-26(21)33/h2-12,18,25H,13-17H2,1H3,(H,30,34)(H,31,35)(H,32,38)(H,36,37). The van der Waals surface area contributed by atoms with Gasteiger partial charge in [-0.15, -0.1) is 0 Å². The minimum absolute atomic E-state index is 0.0939. The molecule has 1 unspecified atom stereocenters. The zero-order chi connectivity index (χ0) is 27.1. The van der Waals surface area contributed by atoms with Gasteiger partial charge in [-0.05, 0) is 59.9 Å². The monoisotopic (exact) mass is 514 g/mol. The molecule has 0 spiro atoms. The van der Waals surface area contributed by atoms with E-state index in [1.54, 1.807) is 53.4 Å². The van der Waals surface area contributed by atoms with E-state index in [-0.39, 0.29) is 37.1 Å². The lowest BCUT2D eigenvalue weighted by molar-refractivity contribution is -0.137. The molecule has 0 saturated heterocycles. The van der Waals surface area contributed by atoms with Crippen LogP contribution in [0.15, 0.2) is 72.8 Å². The highest BCUT2D eigenvalue weighted by Gasteiger charge is 2.24. The third-order valence-corrected chi connectivity index (χ3v) is 6.30. The van der Waals surface area contributed by atoms with E-state index in [0.29, 0.717) is 23.5 Å². The Morgan fingerprint density at radius 1 is 0.921 bits per heavy atom. The first-order chi connectivity index (χ1) is 18.3. The lowest BCUT2D eigenvalue weighted by Gasteiger charge is -2.18. The van der Waals surface area contributed by atoms with Crippen LogP contribution in [-0.4, -0.2) is 35.5 Å². The van der Waals surface area contributed by atoms with E-state index in [1.807, 2.05) is 24.3 Å². The van der Waals surface area contributed by atoms with Crippen LogP contribution in [0.4, 0.5) is 21.9 Å². The molecule has 3 aromatic rings. The molecule has 3 aromatic carbocycles. The van der Waals surface area contributed by atoms with Gasteiger partial charge in [0.15, 0.2) is 0 Å². The Bertz CT molecular complexity index is 1340. The molecule has 0 aromatic heterocycles. The van der Waals surface area contributed by atoms with Crippen molar-refractivity contribution >= 4 is 40.9 Å². The minimum Gasteiger partial charge on any atom is -0.481 e. The van der Waals surface area contributed by atoms with Crippen LogP contribution in [-0.2, 0) is 27.2 Å². The predicted molar refractivity (Wildman–Crippen MR) is 145 cm³/mol. The molecule has 1 heterocycles. The average Bonchev–Trinajstić information content (AvgIpc) is 3.32. The average molecular weight is 515 g/mol. The molecule has 4 rings (SSSR count). The summed E-state index contributed by atoms with van der Waals surface area (Å²) >= 11 is 0. The lowest BCUT2D eigenvalue weighted by atomic mass is 10.0. The molecule has 38 heavy (non-hydrogen) atoms. The van der Waals surface area contributed by atoms with Crippen molar-refractivity contribution in [3.05, 3.63) is 89.5 Å². The lowest BCUT2D eigenvalue weighted by Crippen LogP contribution is -2.33. The van der Waals surface area contributed by atoms with Crippen molar-refractivity contribution in [3.8, 4) is 0 Å². The number of nitrogens with one attached hydrogen (secondary N) is 3. The highest BCUT2D eigenvalue weighted by molar-refractivity contribution is 6.03. The number of rotatable bonds is 9. The molecular weight excluding hydrogens is 484 g/mol. The van der Waals surface area contributed by atoms with Crippen LogP contribution in [0.2, 0.25) is 0 Å². The van der Waals surface area contributed by atoms with Crippen molar-refractivity contribution in [2.45, 2.75) is 38.6 Å². The number of nitrogens with zero attached hydrogens (tertiary/aromatic N) is 1. The summed E-state index contributed by atoms with van der Waals surface area (Å²) in [6.45, 7) is 2.01. The third kappa shape index (κ3) is 6.97. The summed E-state index contributed by atoms with van der Waals surface area (Å²) in [5.41, 5.74) is 4.75. The molecule has 196 valence electrons. The second-order valence-corrected chi connectivity index (χ2v) is 9.19. The number of para-hydroxylation sites is 1. The van der Waals surface area contributed by atoms with Crippen molar-refractivity contribution < 1.29 is 24.3 Å². The topological polar surface area (TPSA) is 128 Å². The van der Waals surface area contributed by atoms with Gasteiger partial charge in [0.05, 0.1) is 12.5 Å². The number of aliphatic carboxylic acids is 1. The van der Waals surface area contributed by atoms with Gasteiger partial charge < -0.3 is 21.1 Å². The Morgan fingerprint density at radius 2 is 1.68 bits per heavy atom. The first-order valence-corrected chi connectivity index (χ1v) is 12.4. The summed E-state index contributed by atoms with van der Waals surface area (Å²) < 4.78 is 0. The summed E-state index contributed by atoms with van der Waals surface area (Å²) in [6.07, 6.45) is 1.10. The number of carbonyl (C=O) groups excluding carboxylic acids is 3. The van der Waals surface area contributed by atoms with E-state index >= 15 is 0 Å². The molecule has 1 atom stereocenters. The van der Waals surface area contributed by atoms with E-state index in [2.05, 4.69) is 16.0 Å². The van der Waals surface area contributed by atoms with E-state index < -0.39 is 12.0 Å². The molecule has 0 saturated carbocycles. The fourth-order valence-electron chi connectivity index (χ4n) is 4.51. The molecule has 4 amide bonds. The Labute approximate surface area is 220 Å². The first-order valence-electron chi connectivity index (χ1n) is 12.4. The maximum absolute atomic E-state index is 12.8. The van der Waals surface area contributed by atoms with E-state index in [1.165, 1.54) is 6.92 Å². The van der Waals surface area contributed by atoms with Crippen LogP contribution in [0.1, 0.15) is 42.5 Å². The molecule has 0 bridgehead atoms. The number of carboxylic acids is 1. The molecule has 0 fully saturated rings. The molecule has 0 aliphatic carbocycles. The molecular formula is C29H30N4O5. The van der Waals surface area contributed by atoms with Gasteiger partial charge in [-0.3, -0.25) is 19.3 Å². The molecule has 1 aliphatic heterocycles. The maximum atomic E-state index is 12.8. The van der Waals surface area contributed by atoms with Gasteiger partial charge in [0.2, 0.25) is 11.8 Å². The van der Waals surface area contributed by atoms with Crippen LogP contribution in [0.25, 0.3) is 0 Å². The number of carbonyl (C=O) groups is 4. The van der Waals surface area contributed by atoms with Crippen molar-refractivity contribution in [1.82, 2.24) is 5.32 Å². The van der Waals surface area contributed by atoms with Crippen LogP contribution >= 0.6 is 0 Å². The normalized spacial score (nSPS) is 12.8. The number of benzene rings is 3. The largest absolute Gasteiger partial charge is 0.481 e. The zero-order valence-corrected chi connectivity index (χ0v) is 21.1. The summed E-state index contributed by atoms with van der Waals surface area (Å²) in [5.74, 6) is -1.44. The molecule has 1 aliphatic rings. The predicted octanol–water partition coefficient (Wildman–Crippen LogP) is 4.50. The van der Waals surface area contributed by atoms with Gasteiger partial charge in [-0.2, -0.15) is 0 Å². The van der Waals surface area contributed by atoms with E-state index in [0.717, 1.165) is 23.2 Å². The SMILES string of the molecule is CC(=O)NC(CCC(=O)O)c1cccc(NC(=O)Cc2ccc(NC(=O)N3CCc4ccccc43)cc2)c1. The van der Waals surface area contributed by atoms with Crippen LogP contribution in [0, 0.1) is 0 Å². The quantitative estimate of drug-likeness (QED) is 0.334. The van der Waals surface area contributed by atoms with E-state index in [4.69, 9.17) is 5.11 Å². The summed E-state index contributed by atoms with van der Waals surface area (Å²) in [4.78, 5) is 49.7. The minimum atomic E-state index is -0.947. The zero-order valence-electron chi connectivity index (χ0n) is 21.1. The molecule has 9 heteroatoms. The first kappa shape index (κ1) is 26.4. The highest BCUT2D eigenvalue weighted by atomic mass is 16.4. The number of hydrogen-bond donors (Lipinski definition) is 4.